The van der Waals surface area contributed by atoms with Gasteiger partial charge in [-0.15, -0.1) is 0 Å². The number of hydrogen-bond acceptors (Lipinski definition) is 5. The lowest BCUT2D eigenvalue weighted by atomic mass is 10.2. The number of sulfonamides is 2. The van der Waals surface area contributed by atoms with Crippen LogP contribution in [0.1, 0.15) is 11.1 Å². The van der Waals surface area contributed by atoms with Gasteiger partial charge in [-0.3, -0.25) is 4.72 Å². The minimum atomic E-state index is -3.90. The Balaban J connectivity index is 2.42. The number of rotatable bonds is 5. The van der Waals surface area contributed by atoms with Crippen LogP contribution in [-0.4, -0.2) is 35.2 Å². The van der Waals surface area contributed by atoms with Gasteiger partial charge in [-0.05, 0) is 48.9 Å². The first kappa shape index (κ1) is 18.9. The molecule has 0 saturated carbocycles. The standard InChI is InChI=1S/C16H17N3O4S2/c1-12-4-7-14(10-16(12)25(22,23)19(2)3)18-24(20,21)15-8-5-13(11-17)6-9-15/h4-10,18H,1-3H3. The predicted molar refractivity (Wildman–Crippen MR) is 94.0 cm³/mol. The highest BCUT2D eigenvalue weighted by Crippen LogP contribution is 2.24. The second-order valence-electron chi connectivity index (χ2n) is 5.51. The van der Waals surface area contributed by atoms with Crippen molar-refractivity contribution in [2.75, 3.05) is 18.8 Å². The molecule has 0 fully saturated rings. The van der Waals surface area contributed by atoms with Crippen LogP contribution in [0.15, 0.2) is 52.3 Å². The summed E-state index contributed by atoms with van der Waals surface area (Å²) in [4.78, 5) is 0.00150. The van der Waals surface area contributed by atoms with Gasteiger partial charge in [0.15, 0.2) is 0 Å². The van der Waals surface area contributed by atoms with Crippen molar-refractivity contribution in [3.05, 3.63) is 53.6 Å². The van der Waals surface area contributed by atoms with Crippen molar-refractivity contribution in [3.63, 3.8) is 0 Å². The monoisotopic (exact) mass is 379 g/mol. The van der Waals surface area contributed by atoms with Crippen LogP contribution >= 0.6 is 0 Å². The van der Waals surface area contributed by atoms with Crippen molar-refractivity contribution < 1.29 is 16.8 Å². The van der Waals surface area contributed by atoms with Gasteiger partial charge >= 0.3 is 0 Å². The zero-order valence-corrected chi connectivity index (χ0v) is 15.5. The third-order valence-electron chi connectivity index (χ3n) is 3.49. The molecule has 1 N–H and O–H groups in total. The van der Waals surface area contributed by atoms with Crippen molar-refractivity contribution in [2.45, 2.75) is 16.7 Å². The molecule has 2 aromatic carbocycles. The molecule has 0 unspecified atom stereocenters. The van der Waals surface area contributed by atoms with E-state index in [1.807, 2.05) is 6.07 Å². The summed E-state index contributed by atoms with van der Waals surface area (Å²) in [5.74, 6) is 0. The molecule has 0 spiro atoms. The maximum atomic E-state index is 12.4. The summed E-state index contributed by atoms with van der Waals surface area (Å²) in [6.07, 6.45) is 0. The zero-order valence-electron chi connectivity index (χ0n) is 13.9. The molecular formula is C16H17N3O4S2. The molecule has 2 aromatic rings. The van der Waals surface area contributed by atoms with Gasteiger partial charge in [0.2, 0.25) is 10.0 Å². The fourth-order valence-corrected chi connectivity index (χ4v) is 4.25. The van der Waals surface area contributed by atoms with E-state index in [9.17, 15) is 16.8 Å². The number of benzene rings is 2. The Morgan fingerprint density at radius 2 is 1.60 bits per heavy atom. The van der Waals surface area contributed by atoms with Crippen LogP contribution in [-0.2, 0) is 20.0 Å². The molecule has 132 valence electrons. The quantitative estimate of drug-likeness (QED) is 0.854. The van der Waals surface area contributed by atoms with Gasteiger partial charge in [0.25, 0.3) is 10.0 Å². The summed E-state index contributed by atoms with van der Waals surface area (Å²) < 4.78 is 52.9. The van der Waals surface area contributed by atoms with Crippen molar-refractivity contribution in [1.29, 1.82) is 5.26 Å². The van der Waals surface area contributed by atoms with Crippen LogP contribution in [0.5, 0.6) is 0 Å². The van der Waals surface area contributed by atoms with Gasteiger partial charge in [-0.25, -0.2) is 21.1 Å². The Bertz CT molecular complexity index is 1040. The molecule has 0 heterocycles. The highest BCUT2D eigenvalue weighted by molar-refractivity contribution is 7.92. The summed E-state index contributed by atoms with van der Waals surface area (Å²) in [6, 6.07) is 11.6. The highest BCUT2D eigenvalue weighted by atomic mass is 32.2. The minimum absolute atomic E-state index is 0.0240. The van der Waals surface area contributed by atoms with E-state index in [0.717, 1.165) is 4.31 Å². The topological polar surface area (TPSA) is 107 Å². The first-order valence-corrected chi connectivity index (χ1v) is 10.1. The van der Waals surface area contributed by atoms with Crippen molar-refractivity contribution in [1.82, 2.24) is 4.31 Å². The first-order valence-electron chi connectivity index (χ1n) is 7.14. The molecule has 0 aliphatic rings. The lowest BCUT2D eigenvalue weighted by Gasteiger charge is -2.15. The first-order chi connectivity index (χ1) is 11.6. The molecule has 0 saturated heterocycles. The molecule has 0 atom stereocenters. The molecule has 0 aromatic heterocycles. The largest absolute Gasteiger partial charge is 0.280 e. The van der Waals surface area contributed by atoms with E-state index in [0.29, 0.717) is 11.1 Å². The molecule has 25 heavy (non-hydrogen) atoms. The van der Waals surface area contributed by atoms with Crippen LogP contribution in [0.25, 0.3) is 0 Å². The maximum Gasteiger partial charge on any atom is 0.261 e. The van der Waals surface area contributed by atoms with Gasteiger partial charge in [-0.1, -0.05) is 6.07 Å². The smallest absolute Gasteiger partial charge is 0.261 e. The Morgan fingerprint density at radius 1 is 1.00 bits per heavy atom. The zero-order chi connectivity index (χ0) is 18.8. The summed E-state index contributed by atoms with van der Waals surface area (Å²) in [7, 11) is -4.79. The third kappa shape index (κ3) is 3.99. The predicted octanol–water partition coefficient (Wildman–Crippen LogP) is 1.92. The molecule has 9 heteroatoms. The third-order valence-corrected chi connectivity index (χ3v) is 6.85. The van der Waals surface area contributed by atoms with E-state index >= 15 is 0 Å². The molecule has 0 amide bonds. The molecular weight excluding hydrogens is 362 g/mol. The van der Waals surface area contributed by atoms with E-state index in [1.165, 1.54) is 56.6 Å². The summed E-state index contributed by atoms with van der Waals surface area (Å²) >= 11 is 0. The Morgan fingerprint density at radius 3 is 2.12 bits per heavy atom. The van der Waals surface area contributed by atoms with Gasteiger partial charge in [0.1, 0.15) is 0 Å². The second-order valence-corrected chi connectivity index (χ2v) is 9.31. The average molecular weight is 379 g/mol. The molecule has 0 radical (unpaired) electrons. The number of nitrogens with one attached hydrogen (secondary N) is 1. The van der Waals surface area contributed by atoms with Crippen molar-refractivity contribution >= 4 is 25.7 Å². The van der Waals surface area contributed by atoms with E-state index < -0.39 is 20.0 Å². The molecule has 0 aliphatic heterocycles. The lowest BCUT2D eigenvalue weighted by Crippen LogP contribution is -2.23. The molecule has 0 aliphatic carbocycles. The van der Waals surface area contributed by atoms with E-state index in [4.69, 9.17) is 5.26 Å². The minimum Gasteiger partial charge on any atom is -0.280 e. The Kier molecular flexibility index (Phi) is 5.17. The number of nitrogens with zero attached hydrogens (tertiary/aromatic N) is 2. The summed E-state index contributed by atoms with van der Waals surface area (Å²) in [5.41, 5.74) is 0.985. The molecule has 0 bridgehead atoms. The highest BCUT2D eigenvalue weighted by Gasteiger charge is 2.21. The Hall–Kier alpha value is -2.41. The van der Waals surface area contributed by atoms with Crippen molar-refractivity contribution in [2.24, 2.45) is 0 Å². The lowest BCUT2D eigenvalue weighted by molar-refractivity contribution is 0.520. The number of anilines is 1. The van der Waals surface area contributed by atoms with E-state index in [2.05, 4.69) is 4.72 Å². The van der Waals surface area contributed by atoms with Gasteiger partial charge < -0.3 is 0 Å². The normalized spacial score (nSPS) is 12.0. The number of nitriles is 1. The summed E-state index contributed by atoms with van der Waals surface area (Å²) in [6.45, 7) is 1.63. The second kappa shape index (κ2) is 6.84. The van der Waals surface area contributed by atoms with Gasteiger partial charge in [0, 0.05) is 14.1 Å². The van der Waals surface area contributed by atoms with Gasteiger partial charge in [-0.2, -0.15) is 5.26 Å². The number of aryl methyl sites for hydroxylation is 1. The van der Waals surface area contributed by atoms with Crippen LogP contribution in [0.3, 0.4) is 0 Å². The molecule has 7 nitrogen and oxygen atoms in total. The van der Waals surface area contributed by atoms with Crippen LogP contribution in [0.4, 0.5) is 5.69 Å². The average Bonchev–Trinajstić information content (AvgIpc) is 2.56. The fraction of sp³-hybridized carbons (Fsp3) is 0.188. The van der Waals surface area contributed by atoms with Crippen LogP contribution < -0.4 is 4.72 Å². The van der Waals surface area contributed by atoms with E-state index in [-0.39, 0.29) is 15.5 Å². The Labute approximate surface area is 147 Å². The number of hydrogen-bond donors (Lipinski definition) is 1. The summed E-state index contributed by atoms with van der Waals surface area (Å²) in [5, 5.41) is 8.77. The SMILES string of the molecule is Cc1ccc(NS(=O)(=O)c2ccc(C#N)cc2)cc1S(=O)(=O)N(C)C. The van der Waals surface area contributed by atoms with Crippen LogP contribution in [0, 0.1) is 18.3 Å². The van der Waals surface area contributed by atoms with Crippen LogP contribution in [0.2, 0.25) is 0 Å². The van der Waals surface area contributed by atoms with Gasteiger partial charge in [0.05, 0.1) is 27.1 Å². The van der Waals surface area contributed by atoms with Crippen molar-refractivity contribution in [3.8, 4) is 6.07 Å². The molecule has 2 rings (SSSR count). The van der Waals surface area contributed by atoms with E-state index in [1.54, 1.807) is 6.92 Å². The fourth-order valence-electron chi connectivity index (χ4n) is 2.06. The maximum absolute atomic E-state index is 12.4.